The Balaban J connectivity index is 2.09. The Morgan fingerprint density at radius 3 is 3.06 bits per heavy atom. The summed E-state index contributed by atoms with van der Waals surface area (Å²) in [5.41, 5.74) is 0. The molecular formula is C10H12ClNO4S. The van der Waals surface area contributed by atoms with E-state index in [4.69, 9.17) is 20.2 Å². The maximum atomic E-state index is 11.3. The fourth-order valence-corrected chi connectivity index (χ4v) is 2.50. The maximum Gasteiger partial charge on any atom is 0.266 e. The average molecular weight is 278 g/mol. The molecule has 1 aliphatic rings. The lowest BCUT2D eigenvalue weighted by Gasteiger charge is -2.11. The summed E-state index contributed by atoms with van der Waals surface area (Å²) >= 11 is 0. The number of aromatic nitrogens is 1. The third kappa shape index (κ3) is 3.31. The molecule has 0 amide bonds. The van der Waals surface area contributed by atoms with E-state index in [9.17, 15) is 8.42 Å². The number of hydrogen-bond donors (Lipinski definition) is 0. The number of pyridine rings is 1. The Hall–Kier alpha value is -0.850. The van der Waals surface area contributed by atoms with Gasteiger partial charge in [-0.25, -0.2) is 13.4 Å². The first-order valence-corrected chi connectivity index (χ1v) is 7.48. The van der Waals surface area contributed by atoms with Crippen LogP contribution in [0.25, 0.3) is 0 Å². The van der Waals surface area contributed by atoms with Crippen molar-refractivity contribution in [1.29, 1.82) is 0 Å². The van der Waals surface area contributed by atoms with Crippen LogP contribution >= 0.6 is 10.7 Å². The lowest BCUT2D eigenvalue weighted by Crippen LogP contribution is -2.13. The smallest absolute Gasteiger partial charge is 0.266 e. The van der Waals surface area contributed by atoms with E-state index in [1.807, 2.05) is 0 Å². The minimum absolute atomic E-state index is 0.0504. The first-order chi connectivity index (χ1) is 8.07. The molecule has 1 atom stereocenters. The SMILES string of the molecule is O=S(=O)(Cl)c1cccnc1OCC1CCOC1. The van der Waals surface area contributed by atoms with Gasteiger partial charge in [-0.2, -0.15) is 0 Å². The second kappa shape index (κ2) is 5.20. The monoisotopic (exact) mass is 277 g/mol. The number of halogens is 1. The Labute approximate surface area is 104 Å². The van der Waals surface area contributed by atoms with Crippen molar-refractivity contribution in [2.24, 2.45) is 5.92 Å². The van der Waals surface area contributed by atoms with Crippen molar-refractivity contribution in [3.63, 3.8) is 0 Å². The highest BCUT2D eigenvalue weighted by Crippen LogP contribution is 2.25. The molecule has 1 unspecified atom stereocenters. The molecule has 1 saturated heterocycles. The molecule has 0 saturated carbocycles. The Morgan fingerprint density at radius 2 is 2.41 bits per heavy atom. The molecule has 2 heterocycles. The highest BCUT2D eigenvalue weighted by atomic mass is 35.7. The van der Waals surface area contributed by atoms with Gasteiger partial charge in [0.25, 0.3) is 9.05 Å². The second-order valence-electron chi connectivity index (χ2n) is 3.79. The van der Waals surface area contributed by atoms with E-state index in [1.165, 1.54) is 18.3 Å². The third-order valence-electron chi connectivity index (χ3n) is 2.48. The number of rotatable bonds is 4. The van der Waals surface area contributed by atoms with Gasteiger partial charge in [-0.3, -0.25) is 0 Å². The summed E-state index contributed by atoms with van der Waals surface area (Å²) in [6.07, 6.45) is 2.38. The molecule has 1 aliphatic heterocycles. The van der Waals surface area contributed by atoms with Crippen LogP contribution in [0.3, 0.4) is 0 Å². The summed E-state index contributed by atoms with van der Waals surface area (Å²) < 4.78 is 33.1. The molecule has 0 bridgehead atoms. The lowest BCUT2D eigenvalue weighted by molar-refractivity contribution is 0.164. The highest BCUT2D eigenvalue weighted by molar-refractivity contribution is 8.13. The van der Waals surface area contributed by atoms with Crippen molar-refractivity contribution in [2.75, 3.05) is 19.8 Å². The van der Waals surface area contributed by atoms with Gasteiger partial charge in [0.15, 0.2) is 0 Å². The Bertz CT molecular complexity index is 485. The van der Waals surface area contributed by atoms with Gasteiger partial charge in [0, 0.05) is 29.4 Å². The second-order valence-corrected chi connectivity index (χ2v) is 6.32. The number of ether oxygens (including phenoxy) is 2. The summed E-state index contributed by atoms with van der Waals surface area (Å²) in [5.74, 6) is 0.331. The predicted octanol–water partition coefficient (Wildman–Crippen LogP) is 1.42. The van der Waals surface area contributed by atoms with Crippen molar-refractivity contribution in [2.45, 2.75) is 11.3 Å². The normalized spacial score (nSPS) is 20.4. The third-order valence-corrected chi connectivity index (χ3v) is 3.81. The molecule has 0 spiro atoms. The number of hydrogen-bond acceptors (Lipinski definition) is 5. The van der Waals surface area contributed by atoms with E-state index in [0.29, 0.717) is 13.2 Å². The van der Waals surface area contributed by atoms with Gasteiger partial charge in [-0.15, -0.1) is 0 Å². The summed E-state index contributed by atoms with van der Waals surface area (Å²) in [6, 6.07) is 2.87. The van der Waals surface area contributed by atoms with Crippen LogP contribution in [0.4, 0.5) is 0 Å². The molecular weight excluding hydrogens is 266 g/mol. The summed E-state index contributed by atoms with van der Waals surface area (Å²) in [5, 5.41) is 0. The number of nitrogens with zero attached hydrogens (tertiary/aromatic N) is 1. The molecule has 7 heteroatoms. The van der Waals surface area contributed by atoms with E-state index < -0.39 is 9.05 Å². The van der Waals surface area contributed by atoms with Gasteiger partial charge < -0.3 is 9.47 Å². The molecule has 2 rings (SSSR count). The first-order valence-electron chi connectivity index (χ1n) is 5.17. The fraction of sp³-hybridized carbons (Fsp3) is 0.500. The van der Waals surface area contributed by atoms with Crippen LogP contribution in [-0.2, 0) is 13.8 Å². The molecule has 0 aliphatic carbocycles. The van der Waals surface area contributed by atoms with Crippen molar-refractivity contribution < 1.29 is 17.9 Å². The standard InChI is InChI=1S/C10H12ClNO4S/c11-17(13,14)9-2-1-4-12-10(9)16-7-8-3-5-15-6-8/h1-2,4,8H,3,5-7H2. The summed E-state index contributed by atoms with van der Waals surface area (Å²) in [4.78, 5) is 3.78. The average Bonchev–Trinajstić information content (AvgIpc) is 2.78. The minimum Gasteiger partial charge on any atom is -0.476 e. The van der Waals surface area contributed by atoms with E-state index in [2.05, 4.69) is 4.98 Å². The largest absolute Gasteiger partial charge is 0.476 e. The predicted molar refractivity (Wildman–Crippen MR) is 61.7 cm³/mol. The molecule has 0 aromatic carbocycles. The molecule has 0 radical (unpaired) electrons. The van der Waals surface area contributed by atoms with E-state index in [1.54, 1.807) is 0 Å². The van der Waals surface area contributed by atoms with Gasteiger partial charge in [-0.1, -0.05) is 0 Å². The summed E-state index contributed by atoms with van der Waals surface area (Å²) in [6.45, 7) is 1.74. The molecule has 17 heavy (non-hydrogen) atoms. The molecule has 1 aromatic heterocycles. The van der Waals surface area contributed by atoms with E-state index >= 15 is 0 Å². The van der Waals surface area contributed by atoms with Crippen molar-refractivity contribution in [3.8, 4) is 5.88 Å². The zero-order valence-corrected chi connectivity index (χ0v) is 10.6. The Kier molecular flexibility index (Phi) is 3.86. The van der Waals surface area contributed by atoms with Gasteiger partial charge >= 0.3 is 0 Å². The molecule has 1 fully saturated rings. The van der Waals surface area contributed by atoms with Crippen LogP contribution in [-0.4, -0.2) is 33.2 Å². The quantitative estimate of drug-likeness (QED) is 0.779. The molecule has 5 nitrogen and oxygen atoms in total. The van der Waals surface area contributed by atoms with Crippen molar-refractivity contribution >= 4 is 19.7 Å². The fourth-order valence-electron chi connectivity index (χ4n) is 1.58. The van der Waals surface area contributed by atoms with Gasteiger partial charge in [0.05, 0.1) is 13.2 Å². The van der Waals surface area contributed by atoms with Crippen LogP contribution in [0.2, 0.25) is 0 Å². The first kappa shape index (κ1) is 12.6. The van der Waals surface area contributed by atoms with Crippen molar-refractivity contribution in [1.82, 2.24) is 4.98 Å². The van der Waals surface area contributed by atoms with Crippen molar-refractivity contribution in [3.05, 3.63) is 18.3 Å². The zero-order chi connectivity index (χ0) is 12.3. The highest BCUT2D eigenvalue weighted by Gasteiger charge is 2.21. The van der Waals surface area contributed by atoms with Crippen LogP contribution in [0.15, 0.2) is 23.2 Å². The molecule has 1 aromatic rings. The topological polar surface area (TPSA) is 65.5 Å². The Morgan fingerprint density at radius 1 is 1.59 bits per heavy atom. The van der Waals surface area contributed by atoms with E-state index in [-0.39, 0.29) is 16.7 Å². The van der Waals surface area contributed by atoms with Crippen LogP contribution in [0.5, 0.6) is 5.88 Å². The van der Waals surface area contributed by atoms with Crippen LogP contribution in [0.1, 0.15) is 6.42 Å². The lowest BCUT2D eigenvalue weighted by atomic mass is 10.1. The van der Waals surface area contributed by atoms with Gasteiger partial charge in [0.2, 0.25) is 5.88 Å². The van der Waals surface area contributed by atoms with Crippen LogP contribution < -0.4 is 4.74 Å². The molecule has 0 N–H and O–H groups in total. The molecule has 94 valence electrons. The minimum atomic E-state index is -3.83. The zero-order valence-electron chi connectivity index (χ0n) is 9.00. The van der Waals surface area contributed by atoms with Gasteiger partial charge in [0.1, 0.15) is 4.90 Å². The maximum absolute atomic E-state index is 11.3. The van der Waals surface area contributed by atoms with Gasteiger partial charge in [-0.05, 0) is 18.6 Å². The summed E-state index contributed by atoms with van der Waals surface area (Å²) in [7, 11) is 1.46. The van der Waals surface area contributed by atoms with E-state index in [0.717, 1.165) is 13.0 Å². The van der Waals surface area contributed by atoms with Crippen LogP contribution in [0, 0.1) is 5.92 Å².